The molecule has 0 bridgehead atoms. The van der Waals surface area contributed by atoms with Gasteiger partial charge in [-0.05, 0) is 38.8 Å². The van der Waals surface area contributed by atoms with Crippen LogP contribution in [0, 0.1) is 0 Å². The van der Waals surface area contributed by atoms with E-state index in [1.807, 2.05) is 17.9 Å². The quantitative estimate of drug-likeness (QED) is 0.790. The summed E-state index contributed by atoms with van der Waals surface area (Å²) in [5.41, 5.74) is 0.715. The van der Waals surface area contributed by atoms with Crippen LogP contribution in [0.25, 0.3) is 0 Å². The summed E-state index contributed by atoms with van der Waals surface area (Å²) in [7, 11) is 0. The number of aromatic nitrogens is 1. The fourth-order valence-electron chi connectivity index (χ4n) is 2.08. The van der Waals surface area contributed by atoms with Gasteiger partial charge < -0.3 is 10.2 Å². The van der Waals surface area contributed by atoms with Crippen LogP contribution in [0.5, 0.6) is 0 Å². The molecule has 20 heavy (non-hydrogen) atoms. The molecule has 4 heteroatoms. The number of hydrogen-bond acceptors (Lipinski definition) is 3. The Balaban J connectivity index is 2.89. The van der Waals surface area contributed by atoms with Crippen molar-refractivity contribution >= 4 is 11.7 Å². The first-order chi connectivity index (χ1) is 9.63. The van der Waals surface area contributed by atoms with E-state index in [-0.39, 0.29) is 11.9 Å². The first-order valence-corrected chi connectivity index (χ1v) is 7.64. The highest BCUT2D eigenvalue weighted by Gasteiger charge is 2.20. The van der Waals surface area contributed by atoms with E-state index in [1.165, 1.54) is 0 Å². The maximum atomic E-state index is 12.7. The highest BCUT2D eigenvalue weighted by atomic mass is 16.2. The van der Waals surface area contributed by atoms with E-state index in [4.69, 9.17) is 0 Å². The van der Waals surface area contributed by atoms with Crippen molar-refractivity contribution in [1.82, 2.24) is 9.88 Å². The molecule has 0 aromatic carbocycles. The van der Waals surface area contributed by atoms with Crippen molar-refractivity contribution in [3.05, 3.63) is 23.9 Å². The molecule has 0 radical (unpaired) electrons. The van der Waals surface area contributed by atoms with Gasteiger partial charge in [0.15, 0.2) is 0 Å². The molecular formula is C16H27N3O. The number of carbonyl (C=O) groups is 1. The number of anilines is 1. The normalized spacial score (nSPS) is 12.0. The molecule has 1 heterocycles. The Bertz CT molecular complexity index is 420. The second kappa shape index (κ2) is 8.56. The highest BCUT2D eigenvalue weighted by Crippen LogP contribution is 2.14. The third kappa shape index (κ3) is 4.51. The smallest absolute Gasteiger partial charge is 0.254 e. The summed E-state index contributed by atoms with van der Waals surface area (Å²) in [6.07, 6.45) is 4.81. The molecule has 1 amide bonds. The molecule has 0 aliphatic heterocycles. The molecule has 1 aromatic heterocycles. The van der Waals surface area contributed by atoms with Gasteiger partial charge in [0.25, 0.3) is 5.91 Å². The predicted molar refractivity (Wildman–Crippen MR) is 84.1 cm³/mol. The summed E-state index contributed by atoms with van der Waals surface area (Å²) in [6.45, 7) is 10.0. The Labute approximate surface area is 122 Å². The third-order valence-electron chi connectivity index (χ3n) is 3.50. The van der Waals surface area contributed by atoms with E-state index < -0.39 is 0 Å². The number of carbonyl (C=O) groups excluding carboxylic acids is 1. The van der Waals surface area contributed by atoms with Gasteiger partial charge in [-0.3, -0.25) is 4.79 Å². The molecule has 0 spiro atoms. The molecular weight excluding hydrogens is 250 g/mol. The Morgan fingerprint density at radius 3 is 2.75 bits per heavy atom. The van der Waals surface area contributed by atoms with Gasteiger partial charge in [-0.1, -0.05) is 20.3 Å². The zero-order valence-electron chi connectivity index (χ0n) is 13.1. The predicted octanol–water partition coefficient (Wildman–Crippen LogP) is 3.55. The van der Waals surface area contributed by atoms with E-state index in [0.29, 0.717) is 5.56 Å². The lowest BCUT2D eigenvalue weighted by Crippen LogP contribution is -2.39. The standard InChI is InChI=1S/C16H27N3O/c1-5-8-11-19(13(4)6-2)16(20)14-9-10-18-15(12-14)17-7-3/h9-10,12-13H,5-8,11H2,1-4H3,(H,17,18). The highest BCUT2D eigenvalue weighted by molar-refractivity contribution is 5.95. The Morgan fingerprint density at radius 1 is 1.40 bits per heavy atom. The monoisotopic (exact) mass is 277 g/mol. The van der Waals surface area contributed by atoms with Crippen LogP contribution in [0.15, 0.2) is 18.3 Å². The zero-order valence-corrected chi connectivity index (χ0v) is 13.1. The molecule has 1 N–H and O–H groups in total. The lowest BCUT2D eigenvalue weighted by molar-refractivity contribution is 0.0685. The summed E-state index contributed by atoms with van der Waals surface area (Å²) in [6, 6.07) is 3.90. The lowest BCUT2D eigenvalue weighted by atomic mass is 10.1. The summed E-state index contributed by atoms with van der Waals surface area (Å²) >= 11 is 0. The number of hydrogen-bond donors (Lipinski definition) is 1. The maximum absolute atomic E-state index is 12.7. The van der Waals surface area contributed by atoms with Crippen molar-refractivity contribution in [3.63, 3.8) is 0 Å². The molecule has 1 rings (SSSR count). The molecule has 0 saturated heterocycles. The van der Waals surface area contributed by atoms with E-state index in [0.717, 1.165) is 38.2 Å². The second-order valence-corrected chi connectivity index (χ2v) is 5.07. The van der Waals surface area contributed by atoms with Crippen LogP contribution in [0.2, 0.25) is 0 Å². The molecule has 0 fully saturated rings. The topological polar surface area (TPSA) is 45.2 Å². The fraction of sp³-hybridized carbons (Fsp3) is 0.625. The van der Waals surface area contributed by atoms with Gasteiger partial charge in [0.05, 0.1) is 0 Å². The number of amides is 1. The van der Waals surface area contributed by atoms with Crippen LogP contribution in [-0.4, -0.2) is 34.9 Å². The van der Waals surface area contributed by atoms with Crippen LogP contribution < -0.4 is 5.32 Å². The van der Waals surface area contributed by atoms with Gasteiger partial charge in [0.1, 0.15) is 5.82 Å². The van der Waals surface area contributed by atoms with Crippen molar-refractivity contribution in [1.29, 1.82) is 0 Å². The minimum Gasteiger partial charge on any atom is -0.370 e. The van der Waals surface area contributed by atoms with Gasteiger partial charge >= 0.3 is 0 Å². The van der Waals surface area contributed by atoms with E-state index in [2.05, 4.69) is 31.1 Å². The third-order valence-corrected chi connectivity index (χ3v) is 3.50. The van der Waals surface area contributed by atoms with Crippen molar-refractivity contribution in [2.75, 3.05) is 18.4 Å². The summed E-state index contributed by atoms with van der Waals surface area (Å²) in [5.74, 6) is 0.868. The first kappa shape index (κ1) is 16.5. The molecule has 0 saturated carbocycles. The van der Waals surface area contributed by atoms with Crippen molar-refractivity contribution in [3.8, 4) is 0 Å². The van der Waals surface area contributed by atoms with Crippen LogP contribution >= 0.6 is 0 Å². The molecule has 1 aromatic rings. The number of rotatable bonds is 8. The Kier molecular flexibility index (Phi) is 7.05. The minimum absolute atomic E-state index is 0.106. The molecule has 0 aliphatic rings. The maximum Gasteiger partial charge on any atom is 0.254 e. The van der Waals surface area contributed by atoms with Gasteiger partial charge in [-0.15, -0.1) is 0 Å². The molecule has 1 atom stereocenters. The van der Waals surface area contributed by atoms with E-state index in [1.54, 1.807) is 12.3 Å². The van der Waals surface area contributed by atoms with Crippen LogP contribution in [0.4, 0.5) is 5.82 Å². The van der Waals surface area contributed by atoms with Gasteiger partial charge in [0, 0.05) is 30.9 Å². The number of nitrogens with one attached hydrogen (secondary N) is 1. The number of nitrogens with zero attached hydrogens (tertiary/aromatic N) is 2. The summed E-state index contributed by atoms with van der Waals surface area (Å²) < 4.78 is 0. The Hall–Kier alpha value is -1.58. The van der Waals surface area contributed by atoms with Gasteiger partial charge in [-0.2, -0.15) is 0 Å². The van der Waals surface area contributed by atoms with Crippen molar-refractivity contribution in [2.24, 2.45) is 0 Å². The largest absolute Gasteiger partial charge is 0.370 e. The fourth-order valence-corrected chi connectivity index (χ4v) is 2.08. The molecule has 4 nitrogen and oxygen atoms in total. The van der Waals surface area contributed by atoms with Crippen molar-refractivity contribution in [2.45, 2.75) is 53.0 Å². The van der Waals surface area contributed by atoms with Crippen LogP contribution in [0.3, 0.4) is 0 Å². The first-order valence-electron chi connectivity index (χ1n) is 7.64. The SMILES string of the molecule is CCCCN(C(=O)c1ccnc(NCC)c1)C(C)CC. The second-order valence-electron chi connectivity index (χ2n) is 5.07. The van der Waals surface area contributed by atoms with Crippen LogP contribution in [0.1, 0.15) is 57.3 Å². The lowest BCUT2D eigenvalue weighted by Gasteiger charge is -2.28. The summed E-state index contributed by atoms with van der Waals surface area (Å²) in [4.78, 5) is 18.9. The minimum atomic E-state index is 0.106. The zero-order chi connectivity index (χ0) is 15.0. The van der Waals surface area contributed by atoms with Gasteiger partial charge in [-0.25, -0.2) is 4.98 Å². The Morgan fingerprint density at radius 2 is 2.15 bits per heavy atom. The number of pyridine rings is 1. The van der Waals surface area contributed by atoms with E-state index in [9.17, 15) is 4.79 Å². The molecule has 112 valence electrons. The summed E-state index contributed by atoms with van der Waals surface area (Å²) in [5, 5.41) is 3.15. The molecule has 0 aliphatic carbocycles. The average molecular weight is 277 g/mol. The number of unbranched alkanes of at least 4 members (excludes halogenated alkanes) is 1. The van der Waals surface area contributed by atoms with Crippen LogP contribution in [-0.2, 0) is 0 Å². The molecule has 1 unspecified atom stereocenters. The van der Waals surface area contributed by atoms with Gasteiger partial charge in [0.2, 0.25) is 0 Å². The van der Waals surface area contributed by atoms with E-state index >= 15 is 0 Å². The van der Waals surface area contributed by atoms with Crippen molar-refractivity contribution < 1.29 is 4.79 Å². The average Bonchev–Trinajstić information content (AvgIpc) is 2.47.